The molecule has 28 heavy (non-hydrogen) atoms. The van der Waals surface area contributed by atoms with E-state index in [0.717, 1.165) is 17.7 Å². The van der Waals surface area contributed by atoms with E-state index in [1.165, 1.54) is 20.3 Å². The molecule has 6 nitrogen and oxygen atoms in total. The largest absolute Gasteiger partial charge is 0.493 e. The summed E-state index contributed by atoms with van der Waals surface area (Å²) in [7, 11) is 2.78. The van der Waals surface area contributed by atoms with Crippen LogP contribution < -0.4 is 14.8 Å². The van der Waals surface area contributed by atoms with Crippen molar-refractivity contribution in [1.29, 1.82) is 0 Å². The molecule has 2 aromatic carbocycles. The number of methoxy groups -OCH3 is 2. The summed E-state index contributed by atoms with van der Waals surface area (Å²) in [5.74, 6) is 0.307. The van der Waals surface area contributed by atoms with Crippen molar-refractivity contribution in [3.05, 3.63) is 53.6 Å². The lowest BCUT2D eigenvalue weighted by atomic mass is 9.97. The maximum absolute atomic E-state index is 12.7. The second-order valence-corrected chi connectivity index (χ2v) is 6.50. The Kier molecular flexibility index (Phi) is 7.44. The number of anilines is 1. The fourth-order valence-electron chi connectivity index (χ4n) is 2.75. The van der Waals surface area contributed by atoms with E-state index in [-0.39, 0.29) is 5.91 Å². The standard InChI is InChI=1S/C22H27NO5/c1-6-14(2)17-9-7-8-10-18(17)23-21(24)15(3)28-19-12-11-16(22(25)27-5)13-20(19)26-4/h7-15H,6H2,1-5H3,(H,23,24)/t14-,15+/m1/s1. The van der Waals surface area contributed by atoms with Gasteiger partial charge in [-0.3, -0.25) is 4.79 Å². The molecule has 0 spiro atoms. The third-order valence-corrected chi connectivity index (χ3v) is 4.62. The molecule has 0 aliphatic carbocycles. The summed E-state index contributed by atoms with van der Waals surface area (Å²) in [6.45, 7) is 5.90. The summed E-state index contributed by atoms with van der Waals surface area (Å²) < 4.78 is 15.8. The molecule has 0 aromatic heterocycles. The van der Waals surface area contributed by atoms with Gasteiger partial charge in [0.05, 0.1) is 19.8 Å². The summed E-state index contributed by atoms with van der Waals surface area (Å²) in [5.41, 5.74) is 2.21. The molecule has 0 saturated carbocycles. The van der Waals surface area contributed by atoms with Crippen LogP contribution in [0, 0.1) is 0 Å². The van der Waals surface area contributed by atoms with Crippen LogP contribution in [0.3, 0.4) is 0 Å². The predicted octanol–water partition coefficient (Wildman–Crippen LogP) is 4.40. The van der Waals surface area contributed by atoms with Crippen LogP contribution in [0.5, 0.6) is 11.5 Å². The Morgan fingerprint density at radius 3 is 2.39 bits per heavy atom. The van der Waals surface area contributed by atoms with E-state index >= 15 is 0 Å². The average molecular weight is 385 g/mol. The SMILES string of the molecule is CC[C@@H](C)c1ccccc1NC(=O)[C@H](C)Oc1ccc(C(=O)OC)cc1OC. The van der Waals surface area contributed by atoms with Gasteiger partial charge in [0.15, 0.2) is 17.6 Å². The molecule has 0 aliphatic rings. The molecule has 0 bridgehead atoms. The maximum atomic E-state index is 12.7. The highest BCUT2D eigenvalue weighted by molar-refractivity contribution is 5.95. The first-order chi connectivity index (χ1) is 13.4. The zero-order valence-corrected chi connectivity index (χ0v) is 16.9. The lowest BCUT2D eigenvalue weighted by Crippen LogP contribution is -2.30. The molecule has 0 aliphatic heterocycles. The van der Waals surface area contributed by atoms with Crippen molar-refractivity contribution < 1.29 is 23.8 Å². The van der Waals surface area contributed by atoms with Gasteiger partial charge in [0.2, 0.25) is 0 Å². The Morgan fingerprint density at radius 2 is 1.75 bits per heavy atom. The summed E-state index contributed by atoms with van der Waals surface area (Å²) in [6, 6.07) is 12.4. The molecule has 0 fully saturated rings. The van der Waals surface area contributed by atoms with E-state index in [1.54, 1.807) is 19.1 Å². The molecule has 0 radical (unpaired) electrons. The van der Waals surface area contributed by atoms with E-state index in [4.69, 9.17) is 14.2 Å². The first-order valence-electron chi connectivity index (χ1n) is 9.24. The summed E-state index contributed by atoms with van der Waals surface area (Å²) in [4.78, 5) is 24.3. The fourth-order valence-corrected chi connectivity index (χ4v) is 2.75. The maximum Gasteiger partial charge on any atom is 0.337 e. The number of amides is 1. The molecule has 0 saturated heterocycles. The minimum absolute atomic E-state index is 0.269. The zero-order valence-electron chi connectivity index (χ0n) is 16.9. The van der Waals surface area contributed by atoms with Crippen LogP contribution in [0.1, 0.15) is 49.0 Å². The molecule has 150 valence electrons. The lowest BCUT2D eigenvalue weighted by molar-refractivity contribution is -0.122. The second-order valence-electron chi connectivity index (χ2n) is 6.50. The Hall–Kier alpha value is -3.02. The first-order valence-corrected chi connectivity index (χ1v) is 9.24. The second kappa shape index (κ2) is 9.78. The highest BCUT2D eigenvalue weighted by atomic mass is 16.5. The van der Waals surface area contributed by atoms with Gasteiger partial charge in [-0.25, -0.2) is 4.79 Å². The van der Waals surface area contributed by atoms with Crippen molar-refractivity contribution in [1.82, 2.24) is 0 Å². The molecule has 2 aromatic rings. The number of hydrogen-bond acceptors (Lipinski definition) is 5. The molecular formula is C22H27NO5. The van der Waals surface area contributed by atoms with Gasteiger partial charge in [-0.1, -0.05) is 32.0 Å². The Balaban J connectivity index is 2.14. The van der Waals surface area contributed by atoms with Crippen LogP contribution in [0.2, 0.25) is 0 Å². The molecule has 6 heteroatoms. The predicted molar refractivity (Wildman–Crippen MR) is 108 cm³/mol. The molecule has 0 heterocycles. The first kappa shape index (κ1) is 21.3. The van der Waals surface area contributed by atoms with Crippen LogP contribution >= 0.6 is 0 Å². The average Bonchev–Trinajstić information content (AvgIpc) is 2.73. The Bertz CT molecular complexity index is 833. The van der Waals surface area contributed by atoms with Crippen molar-refractivity contribution in [2.45, 2.75) is 39.2 Å². The molecule has 2 atom stereocenters. The number of benzene rings is 2. The topological polar surface area (TPSA) is 73.9 Å². The minimum atomic E-state index is -0.761. The third-order valence-electron chi connectivity index (χ3n) is 4.62. The number of carbonyl (C=O) groups is 2. The van der Waals surface area contributed by atoms with Crippen molar-refractivity contribution >= 4 is 17.6 Å². The van der Waals surface area contributed by atoms with E-state index in [2.05, 4.69) is 19.2 Å². The van der Waals surface area contributed by atoms with Crippen LogP contribution in [0.15, 0.2) is 42.5 Å². The number of hydrogen-bond donors (Lipinski definition) is 1. The number of ether oxygens (including phenoxy) is 3. The summed E-state index contributed by atoms with van der Waals surface area (Å²) in [6.07, 6.45) is 0.214. The van der Waals surface area contributed by atoms with E-state index in [1.807, 2.05) is 24.3 Å². The van der Waals surface area contributed by atoms with Crippen molar-refractivity contribution in [2.24, 2.45) is 0 Å². The lowest BCUT2D eigenvalue weighted by Gasteiger charge is -2.19. The number of nitrogens with one attached hydrogen (secondary N) is 1. The number of esters is 1. The van der Waals surface area contributed by atoms with Gasteiger partial charge in [-0.2, -0.15) is 0 Å². The van der Waals surface area contributed by atoms with Gasteiger partial charge in [0.1, 0.15) is 0 Å². The fraction of sp³-hybridized carbons (Fsp3) is 0.364. The van der Waals surface area contributed by atoms with E-state index in [9.17, 15) is 9.59 Å². The van der Waals surface area contributed by atoms with Crippen LogP contribution in [0.4, 0.5) is 5.69 Å². The highest BCUT2D eigenvalue weighted by Gasteiger charge is 2.20. The number of carbonyl (C=O) groups excluding carboxylic acids is 2. The highest BCUT2D eigenvalue weighted by Crippen LogP contribution is 2.30. The van der Waals surface area contributed by atoms with Gasteiger partial charge < -0.3 is 19.5 Å². The Labute approximate surface area is 165 Å². The molecule has 1 N–H and O–H groups in total. The van der Waals surface area contributed by atoms with Crippen molar-refractivity contribution in [3.8, 4) is 11.5 Å². The third kappa shape index (κ3) is 5.03. The molecule has 0 unspecified atom stereocenters. The van der Waals surface area contributed by atoms with Gasteiger partial charge in [-0.05, 0) is 49.1 Å². The Morgan fingerprint density at radius 1 is 1.04 bits per heavy atom. The van der Waals surface area contributed by atoms with E-state index < -0.39 is 12.1 Å². The van der Waals surface area contributed by atoms with Gasteiger partial charge >= 0.3 is 5.97 Å². The van der Waals surface area contributed by atoms with Crippen LogP contribution in [-0.4, -0.2) is 32.2 Å². The van der Waals surface area contributed by atoms with Crippen molar-refractivity contribution in [3.63, 3.8) is 0 Å². The monoisotopic (exact) mass is 385 g/mol. The molecular weight excluding hydrogens is 358 g/mol. The molecule has 2 rings (SSSR count). The summed E-state index contributed by atoms with van der Waals surface area (Å²) in [5, 5.41) is 2.94. The zero-order chi connectivity index (χ0) is 20.7. The minimum Gasteiger partial charge on any atom is -0.493 e. The van der Waals surface area contributed by atoms with Crippen LogP contribution in [0.25, 0.3) is 0 Å². The van der Waals surface area contributed by atoms with Gasteiger partial charge in [-0.15, -0.1) is 0 Å². The molecule has 1 amide bonds. The van der Waals surface area contributed by atoms with E-state index in [0.29, 0.717) is 23.0 Å². The van der Waals surface area contributed by atoms with Crippen molar-refractivity contribution in [2.75, 3.05) is 19.5 Å². The summed E-state index contributed by atoms with van der Waals surface area (Å²) >= 11 is 0. The van der Waals surface area contributed by atoms with Crippen LogP contribution in [-0.2, 0) is 9.53 Å². The van der Waals surface area contributed by atoms with Gasteiger partial charge in [0, 0.05) is 5.69 Å². The number of rotatable bonds is 8. The normalized spacial score (nSPS) is 12.6. The quantitative estimate of drug-likeness (QED) is 0.682. The van der Waals surface area contributed by atoms with Gasteiger partial charge in [0.25, 0.3) is 5.91 Å². The number of para-hydroxylation sites is 1. The smallest absolute Gasteiger partial charge is 0.337 e.